The summed E-state index contributed by atoms with van der Waals surface area (Å²) in [6, 6.07) is 5.11. The quantitative estimate of drug-likeness (QED) is 0.753. The lowest BCUT2D eigenvalue weighted by molar-refractivity contribution is -0.137. The van der Waals surface area contributed by atoms with Crippen molar-refractivity contribution in [2.24, 2.45) is 0 Å². The Balaban J connectivity index is 2.29. The first-order valence-corrected chi connectivity index (χ1v) is 6.33. The second kappa shape index (κ2) is 4.72. The molecule has 0 saturated carbocycles. The number of thiazole rings is 1. The molecule has 0 bridgehead atoms. The lowest BCUT2D eigenvalue weighted by Crippen LogP contribution is -2.03. The Kier molecular flexibility index (Phi) is 3.43. The summed E-state index contributed by atoms with van der Waals surface area (Å²) in [4.78, 5) is 5.37. The fraction of sp³-hybridized carbons (Fsp3) is 0.308. The van der Waals surface area contributed by atoms with E-state index in [2.05, 4.69) is 18.8 Å². The molecule has 0 amide bonds. The van der Waals surface area contributed by atoms with Gasteiger partial charge in [-0.2, -0.15) is 13.2 Å². The van der Waals surface area contributed by atoms with E-state index in [1.807, 2.05) is 0 Å². The molecule has 18 heavy (non-hydrogen) atoms. The summed E-state index contributed by atoms with van der Waals surface area (Å²) >= 11 is 1.52. The molecule has 0 radical (unpaired) electrons. The fourth-order valence-electron chi connectivity index (χ4n) is 1.49. The molecule has 1 nitrogen and oxygen atoms in total. The van der Waals surface area contributed by atoms with Gasteiger partial charge in [-0.25, -0.2) is 4.98 Å². The third-order valence-electron chi connectivity index (χ3n) is 2.55. The van der Waals surface area contributed by atoms with Crippen LogP contribution >= 0.6 is 11.3 Å². The molecule has 0 spiro atoms. The van der Waals surface area contributed by atoms with E-state index in [1.54, 1.807) is 6.20 Å². The molecular formula is C13H12F3NS. The predicted molar refractivity (Wildman–Crippen MR) is 66.6 cm³/mol. The van der Waals surface area contributed by atoms with E-state index in [1.165, 1.54) is 23.5 Å². The summed E-state index contributed by atoms with van der Waals surface area (Å²) in [5, 5.41) is 0.757. The Morgan fingerprint density at radius 2 is 1.72 bits per heavy atom. The van der Waals surface area contributed by atoms with Crippen LogP contribution in [0, 0.1) is 0 Å². The Morgan fingerprint density at radius 3 is 2.17 bits per heavy atom. The average Bonchev–Trinajstić information content (AvgIpc) is 2.77. The first kappa shape index (κ1) is 13.1. The molecule has 1 aromatic carbocycles. The summed E-state index contributed by atoms with van der Waals surface area (Å²) in [5.41, 5.74) is 0.0896. The molecule has 0 N–H and O–H groups in total. The Hall–Kier alpha value is -1.36. The summed E-state index contributed by atoms with van der Waals surface area (Å²) in [5.74, 6) is 0.380. The fourth-order valence-corrected chi connectivity index (χ4v) is 2.41. The molecule has 0 aliphatic rings. The molecule has 1 aromatic heterocycles. The Bertz CT molecular complexity index is 526. The highest BCUT2D eigenvalue weighted by Crippen LogP contribution is 2.33. The van der Waals surface area contributed by atoms with E-state index >= 15 is 0 Å². The van der Waals surface area contributed by atoms with Gasteiger partial charge in [0, 0.05) is 16.6 Å². The summed E-state index contributed by atoms with van der Waals surface area (Å²) in [6.45, 7) is 4.12. The topological polar surface area (TPSA) is 12.9 Å². The monoisotopic (exact) mass is 271 g/mol. The van der Waals surface area contributed by atoms with Crippen molar-refractivity contribution in [2.75, 3.05) is 0 Å². The molecule has 0 unspecified atom stereocenters. The minimum Gasteiger partial charge on any atom is -0.244 e. The van der Waals surface area contributed by atoms with Crippen LogP contribution in [0.2, 0.25) is 0 Å². The van der Waals surface area contributed by atoms with E-state index in [0.717, 1.165) is 27.6 Å². The van der Waals surface area contributed by atoms with Crippen LogP contribution in [0.5, 0.6) is 0 Å². The zero-order valence-electron chi connectivity index (χ0n) is 9.95. The molecule has 2 aromatic rings. The second-order valence-electron chi connectivity index (χ2n) is 4.30. The van der Waals surface area contributed by atoms with E-state index in [9.17, 15) is 13.2 Å². The van der Waals surface area contributed by atoms with E-state index < -0.39 is 11.7 Å². The second-order valence-corrected chi connectivity index (χ2v) is 5.36. The van der Waals surface area contributed by atoms with Gasteiger partial charge in [-0.1, -0.05) is 26.0 Å². The molecular weight excluding hydrogens is 259 g/mol. The molecule has 2 rings (SSSR count). The van der Waals surface area contributed by atoms with Gasteiger partial charge in [-0.3, -0.25) is 0 Å². The maximum absolute atomic E-state index is 12.4. The van der Waals surface area contributed by atoms with Crippen LogP contribution < -0.4 is 0 Å². The van der Waals surface area contributed by atoms with Crippen molar-refractivity contribution in [1.82, 2.24) is 4.98 Å². The van der Waals surface area contributed by atoms with Crippen molar-refractivity contribution in [3.05, 3.63) is 40.9 Å². The highest BCUT2D eigenvalue weighted by atomic mass is 32.1. The third kappa shape index (κ3) is 2.72. The van der Waals surface area contributed by atoms with Crippen molar-refractivity contribution < 1.29 is 13.2 Å². The molecule has 1 heterocycles. The van der Waals surface area contributed by atoms with Crippen LogP contribution in [0.4, 0.5) is 13.2 Å². The van der Waals surface area contributed by atoms with Gasteiger partial charge in [0.1, 0.15) is 5.01 Å². The molecule has 0 aliphatic carbocycles. The zero-order chi connectivity index (χ0) is 13.3. The van der Waals surface area contributed by atoms with E-state index in [0.29, 0.717) is 5.92 Å². The van der Waals surface area contributed by atoms with Gasteiger partial charge < -0.3 is 0 Å². The standard InChI is InChI=1S/C13H12F3NS/c1-8(2)11-7-17-12(18-11)9-3-5-10(6-4-9)13(14,15)16/h3-8H,1-2H3. The highest BCUT2D eigenvalue weighted by molar-refractivity contribution is 7.15. The largest absolute Gasteiger partial charge is 0.416 e. The number of halogens is 3. The first-order chi connectivity index (χ1) is 8.38. The van der Waals surface area contributed by atoms with Crippen molar-refractivity contribution in [3.63, 3.8) is 0 Å². The van der Waals surface area contributed by atoms with Crippen LogP contribution in [-0.2, 0) is 6.18 Å². The van der Waals surface area contributed by atoms with Crippen molar-refractivity contribution in [3.8, 4) is 10.6 Å². The maximum atomic E-state index is 12.4. The molecule has 0 aliphatic heterocycles. The first-order valence-electron chi connectivity index (χ1n) is 5.51. The molecule has 0 saturated heterocycles. The third-order valence-corrected chi connectivity index (χ3v) is 3.90. The lowest BCUT2D eigenvalue weighted by atomic mass is 10.1. The van der Waals surface area contributed by atoms with E-state index in [4.69, 9.17) is 0 Å². The SMILES string of the molecule is CC(C)c1cnc(-c2ccc(C(F)(F)F)cc2)s1. The smallest absolute Gasteiger partial charge is 0.244 e. The van der Waals surface area contributed by atoms with Gasteiger partial charge in [0.15, 0.2) is 0 Å². The lowest BCUT2D eigenvalue weighted by Gasteiger charge is -2.06. The van der Waals surface area contributed by atoms with Gasteiger partial charge in [0.25, 0.3) is 0 Å². The van der Waals surface area contributed by atoms with Crippen molar-refractivity contribution in [2.45, 2.75) is 25.9 Å². The van der Waals surface area contributed by atoms with Crippen molar-refractivity contribution >= 4 is 11.3 Å². The van der Waals surface area contributed by atoms with Crippen LogP contribution in [0.15, 0.2) is 30.5 Å². The van der Waals surface area contributed by atoms with Gasteiger partial charge in [0.05, 0.1) is 5.56 Å². The van der Waals surface area contributed by atoms with Crippen LogP contribution in [0.1, 0.15) is 30.2 Å². The Morgan fingerprint density at radius 1 is 1.11 bits per heavy atom. The minimum absolute atomic E-state index is 0.380. The summed E-state index contributed by atoms with van der Waals surface area (Å²) in [7, 11) is 0. The number of aromatic nitrogens is 1. The molecule has 0 atom stereocenters. The van der Waals surface area contributed by atoms with Crippen molar-refractivity contribution in [1.29, 1.82) is 0 Å². The van der Waals surface area contributed by atoms with Gasteiger partial charge in [-0.15, -0.1) is 11.3 Å². The van der Waals surface area contributed by atoms with Gasteiger partial charge in [-0.05, 0) is 18.1 Å². The zero-order valence-corrected chi connectivity index (χ0v) is 10.8. The molecule has 5 heteroatoms. The minimum atomic E-state index is -4.29. The van der Waals surface area contributed by atoms with Crippen LogP contribution in [-0.4, -0.2) is 4.98 Å². The van der Waals surface area contributed by atoms with Crippen LogP contribution in [0.3, 0.4) is 0 Å². The van der Waals surface area contributed by atoms with Gasteiger partial charge >= 0.3 is 6.18 Å². The summed E-state index contributed by atoms with van der Waals surface area (Å²) < 4.78 is 37.3. The number of rotatable bonds is 2. The number of alkyl halides is 3. The molecule has 96 valence electrons. The Labute approximate surface area is 107 Å². The average molecular weight is 271 g/mol. The summed E-state index contributed by atoms with van der Waals surface area (Å²) in [6.07, 6.45) is -2.51. The predicted octanol–water partition coefficient (Wildman–Crippen LogP) is 4.95. The van der Waals surface area contributed by atoms with E-state index in [-0.39, 0.29) is 0 Å². The maximum Gasteiger partial charge on any atom is 0.416 e. The highest BCUT2D eigenvalue weighted by Gasteiger charge is 2.30. The number of hydrogen-bond donors (Lipinski definition) is 0. The van der Waals surface area contributed by atoms with Gasteiger partial charge in [0.2, 0.25) is 0 Å². The number of benzene rings is 1. The normalized spacial score (nSPS) is 12.1. The number of nitrogens with zero attached hydrogens (tertiary/aromatic N) is 1. The molecule has 0 fully saturated rings. The number of hydrogen-bond acceptors (Lipinski definition) is 2. The van der Waals surface area contributed by atoms with Crippen LogP contribution in [0.25, 0.3) is 10.6 Å².